The second kappa shape index (κ2) is 7.46. The van der Waals surface area contributed by atoms with Crippen molar-refractivity contribution in [3.63, 3.8) is 0 Å². The maximum atomic E-state index is 14.8. The molecule has 0 saturated heterocycles. The number of fused-ring (bicyclic) bond motifs is 1. The Hall–Kier alpha value is -3.26. The molecule has 4 nitrogen and oxygen atoms in total. The molecule has 0 saturated carbocycles. The van der Waals surface area contributed by atoms with Gasteiger partial charge >= 0.3 is 0 Å². The summed E-state index contributed by atoms with van der Waals surface area (Å²) in [5.41, 5.74) is -1.87. The Morgan fingerprint density at radius 2 is 1.55 bits per heavy atom. The van der Waals surface area contributed by atoms with Crippen LogP contribution in [0.3, 0.4) is 0 Å². The highest BCUT2D eigenvalue weighted by molar-refractivity contribution is 5.97. The number of carbonyl (C=O) groups is 1. The fourth-order valence-corrected chi connectivity index (χ4v) is 3.75. The van der Waals surface area contributed by atoms with E-state index in [1.165, 1.54) is 24.9 Å². The fraction of sp³-hybridized carbons (Fsp3) is 0.217. The minimum absolute atomic E-state index is 0.0726. The van der Waals surface area contributed by atoms with Gasteiger partial charge in [0.15, 0.2) is 0 Å². The van der Waals surface area contributed by atoms with Crippen molar-refractivity contribution in [3.05, 3.63) is 88.2 Å². The molecule has 1 N–H and O–H groups in total. The fourth-order valence-electron chi connectivity index (χ4n) is 3.75. The summed E-state index contributed by atoms with van der Waals surface area (Å²) in [6.45, 7) is 2.28. The standard InChI is InChI=1S/C23H18F4N2O2/c1-23(2,31)21-18(26)8-13(9-19(21)27)12-6-16(24)15(17(25)7-12)10-29-11-20-14(22(29)30)4-3-5-28-20/h3-9,31H,10-11H2,1-2H3. The van der Waals surface area contributed by atoms with Gasteiger partial charge in [0.25, 0.3) is 5.91 Å². The molecule has 4 rings (SSSR count). The summed E-state index contributed by atoms with van der Waals surface area (Å²) < 4.78 is 58.3. The monoisotopic (exact) mass is 430 g/mol. The number of halogens is 4. The van der Waals surface area contributed by atoms with Crippen molar-refractivity contribution in [3.8, 4) is 11.1 Å². The Kier molecular flexibility index (Phi) is 5.05. The van der Waals surface area contributed by atoms with Crippen molar-refractivity contribution in [1.82, 2.24) is 9.88 Å². The van der Waals surface area contributed by atoms with E-state index in [4.69, 9.17) is 0 Å². The minimum Gasteiger partial charge on any atom is -0.386 e. The Bertz CT molecular complexity index is 1160. The number of hydrogen-bond donors (Lipinski definition) is 1. The number of carbonyl (C=O) groups excluding carboxylic acids is 1. The predicted octanol–water partition coefficient (Wildman–Crippen LogP) is 4.69. The number of aromatic nitrogens is 1. The first kappa shape index (κ1) is 21.0. The molecule has 2 heterocycles. The van der Waals surface area contributed by atoms with Crippen LogP contribution in [0.15, 0.2) is 42.6 Å². The summed E-state index contributed by atoms with van der Waals surface area (Å²) in [5, 5.41) is 9.92. The van der Waals surface area contributed by atoms with Crippen LogP contribution in [0.4, 0.5) is 17.6 Å². The van der Waals surface area contributed by atoms with E-state index in [1.54, 1.807) is 12.1 Å². The molecule has 0 aliphatic carbocycles. The molecule has 1 aromatic heterocycles. The number of hydrogen-bond acceptors (Lipinski definition) is 3. The number of nitrogens with zero attached hydrogens (tertiary/aromatic N) is 2. The van der Waals surface area contributed by atoms with Gasteiger partial charge in [0.2, 0.25) is 0 Å². The molecule has 0 atom stereocenters. The Balaban J connectivity index is 1.65. The predicted molar refractivity (Wildman–Crippen MR) is 105 cm³/mol. The number of amides is 1. The van der Waals surface area contributed by atoms with Gasteiger partial charge in [0.1, 0.15) is 23.3 Å². The number of aliphatic hydroxyl groups is 1. The van der Waals surface area contributed by atoms with E-state index in [2.05, 4.69) is 4.98 Å². The quantitative estimate of drug-likeness (QED) is 0.611. The van der Waals surface area contributed by atoms with Crippen LogP contribution in [0.5, 0.6) is 0 Å². The molecule has 3 aromatic rings. The maximum Gasteiger partial charge on any atom is 0.256 e. The van der Waals surface area contributed by atoms with Gasteiger partial charge in [-0.1, -0.05) is 0 Å². The molecule has 160 valence electrons. The highest BCUT2D eigenvalue weighted by Crippen LogP contribution is 2.33. The molecule has 0 unspecified atom stereocenters. The zero-order chi connectivity index (χ0) is 22.5. The molecule has 1 aliphatic rings. The maximum absolute atomic E-state index is 14.8. The summed E-state index contributed by atoms with van der Waals surface area (Å²) in [5.74, 6) is -4.32. The molecule has 8 heteroatoms. The van der Waals surface area contributed by atoms with Gasteiger partial charge in [0, 0.05) is 11.8 Å². The lowest BCUT2D eigenvalue weighted by molar-refractivity contribution is 0.0702. The van der Waals surface area contributed by atoms with E-state index in [9.17, 15) is 27.5 Å². The van der Waals surface area contributed by atoms with E-state index in [1.807, 2.05) is 0 Å². The van der Waals surface area contributed by atoms with Crippen molar-refractivity contribution in [2.24, 2.45) is 0 Å². The average molecular weight is 430 g/mol. The number of rotatable bonds is 4. The van der Waals surface area contributed by atoms with Crippen molar-refractivity contribution in [2.45, 2.75) is 32.5 Å². The van der Waals surface area contributed by atoms with Crippen LogP contribution >= 0.6 is 0 Å². The molecule has 31 heavy (non-hydrogen) atoms. The van der Waals surface area contributed by atoms with Gasteiger partial charge in [-0.25, -0.2) is 17.6 Å². The Morgan fingerprint density at radius 1 is 1.00 bits per heavy atom. The molecule has 1 aliphatic heterocycles. The van der Waals surface area contributed by atoms with Crippen molar-refractivity contribution in [1.29, 1.82) is 0 Å². The van der Waals surface area contributed by atoms with Crippen molar-refractivity contribution in [2.75, 3.05) is 0 Å². The summed E-state index contributed by atoms with van der Waals surface area (Å²) in [4.78, 5) is 17.8. The summed E-state index contributed by atoms with van der Waals surface area (Å²) in [6, 6.07) is 6.95. The van der Waals surface area contributed by atoms with E-state index < -0.39 is 34.4 Å². The Morgan fingerprint density at radius 3 is 2.06 bits per heavy atom. The lowest BCUT2D eigenvalue weighted by Gasteiger charge is -2.20. The molecule has 0 bridgehead atoms. The molecular weight excluding hydrogens is 412 g/mol. The SMILES string of the molecule is CC(C)(O)c1c(F)cc(-c2cc(F)c(CN3Cc4ncccc4C3=O)c(F)c2)cc1F. The van der Waals surface area contributed by atoms with Gasteiger partial charge in [-0.05, 0) is 61.4 Å². The van der Waals surface area contributed by atoms with Gasteiger partial charge < -0.3 is 10.0 Å². The third kappa shape index (κ3) is 3.79. The first-order chi connectivity index (χ1) is 14.6. The molecular formula is C23H18F4N2O2. The zero-order valence-electron chi connectivity index (χ0n) is 16.7. The first-order valence-electron chi connectivity index (χ1n) is 9.49. The van der Waals surface area contributed by atoms with Crippen LogP contribution in [-0.2, 0) is 18.7 Å². The lowest BCUT2D eigenvalue weighted by atomic mass is 9.93. The highest BCUT2D eigenvalue weighted by Gasteiger charge is 2.30. The van der Waals surface area contributed by atoms with Crippen LogP contribution < -0.4 is 0 Å². The van der Waals surface area contributed by atoms with E-state index in [0.717, 1.165) is 24.3 Å². The molecule has 2 aromatic carbocycles. The van der Waals surface area contributed by atoms with Gasteiger partial charge in [0.05, 0.1) is 35.5 Å². The topological polar surface area (TPSA) is 53.4 Å². The first-order valence-corrected chi connectivity index (χ1v) is 9.49. The van der Waals surface area contributed by atoms with Crippen LogP contribution in [0, 0.1) is 23.3 Å². The largest absolute Gasteiger partial charge is 0.386 e. The van der Waals surface area contributed by atoms with Crippen molar-refractivity contribution < 1.29 is 27.5 Å². The van der Waals surface area contributed by atoms with E-state index in [0.29, 0.717) is 11.3 Å². The Labute approximate surface area is 175 Å². The van der Waals surface area contributed by atoms with Gasteiger partial charge in [-0.15, -0.1) is 0 Å². The van der Waals surface area contributed by atoms with E-state index in [-0.39, 0.29) is 35.7 Å². The van der Waals surface area contributed by atoms with Gasteiger partial charge in [-0.3, -0.25) is 9.78 Å². The molecule has 1 amide bonds. The average Bonchev–Trinajstić information content (AvgIpc) is 2.98. The number of pyridine rings is 1. The summed E-state index contributed by atoms with van der Waals surface area (Å²) >= 11 is 0. The highest BCUT2D eigenvalue weighted by atomic mass is 19.1. The second-order valence-electron chi connectivity index (χ2n) is 7.95. The molecule has 0 radical (unpaired) electrons. The lowest BCUT2D eigenvalue weighted by Crippen LogP contribution is -2.24. The normalized spacial score (nSPS) is 13.6. The third-order valence-electron chi connectivity index (χ3n) is 5.23. The number of benzene rings is 2. The molecule has 0 spiro atoms. The zero-order valence-corrected chi connectivity index (χ0v) is 16.7. The molecule has 0 fully saturated rings. The summed E-state index contributed by atoms with van der Waals surface area (Å²) in [6.07, 6.45) is 1.53. The third-order valence-corrected chi connectivity index (χ3v) is 5.23. The van der Waals surface area contributed by atoms with E-state index >= 15 is 0 Å². The van der Waals surface area contributed by atoms with Crippen molar-refractivity contribution >= 4 is 5.91 Å². The van der Waals surface area contributed by atoms with Crippen LogP contribution in [0.1, 0.15) is 41.0 Å². The van der Waals surface area contributed by atoms with Crippen LogP contribution in [0.2, 0.25) is 0 Å². The smallest absolute Gasteiger partial charge is 0.256 e. The minimum atomic E-state index is -1.76. The van der Waals surface area contributed by atoms with Crippen LogP contribution in [-0.4, -0.2) is 20.9 Å². The summed E-state index contributed by atoms with van der Waals surface area (Å²) in [7, 11) is 0. The second-order valence-corrected chi connectivity index (χ2v) is 7.95. The van der Waals surface area contributed by atoms with Crippen LogP contribution in [0.25, 0.3) is 11.1 Å². The van der Waals surface area contributed by atoms with Gasteiger partial charge in [-0.2, -0.15) is 0 Å².